The molecule has 0 spiro atoms. The number of rotatable bonds is 35. The Kier molecular flexibility index (Phi) is 33.4. The van der Waals surface area contributed by atoms with Gasteiger partial charge in [-0.05, 0) is 57.8 Å². The maximum absolute atomic E-state index is 12.5. The number of nitrogens with one attached hydrogen (secondary N) is 1. The Balaban J connectivity index is 3.89. The third-order valence-corrected chi connectivity index (χ3v) is 9.57. The molecule has 0 fully saturated rings. The molecule has 6 nitrogen and oxygen atoms in total. The lowest BCUT2D eigenvalue weighted by molar-refractivity contribution is -0.122. The molecule has 47 heavy (non-hydrogen) atoms. The van der Waals surface area contributed by atoms with Crippen LogP contribution in [0.3, 0.4) is 0 Å². The number of hydrogen-bond donors (Lipinski definition) is 3. The number of amides is 1. The molecule has 0 aromatic heterocycles. The van der Waals surface area contributed by atoms with Gasteiger partial charge in [-0.15, -0.1) is 0 Å². The van der Waals surface area contributed by atoms with E-state index in [0.29, 0.717) is 6.42 Å². The van der Waals surface area contributed by atoms with Gasteiger partial charge >= 0.3 is 0 Å². The SMILES string of the molecule is CCCCCCC/C=C/CC/C=C/C(O)C(CS(=O)(=O)O)NC(=O)CCCCCCCCCCC/C=C\CCCCCCCCCC. The maximum atomic E-state index is 12.5. The summed E-state index contributed by atoms with van der Waals surface area (Å²) >= 11 is 0. The standard InChI is InChI=1S/C40H75NO5S/c1-3-5-7-9-11-13-15-16-17-18-19-20-21-22-23-24-26-28-30-32-34-36-40(43)41-38(37-47(44,45)46)39(42)35-33-31-29-27-25-14-12-10-8-6-4-2/h18-19,25,27,33,35,38-39,42H,3-17,20-24,26,28-32,34,36-37H2,1-2H3,(H,41,43)(H,44,45,46)/b19-18-,27-25+,35-33+. The Morgan fingerprint density at radius 3 is 1.34 bits per heavy atom. The van der Waals surface area contributed by atoms with E-state index in [-0.39, 0.29) is 12.3 Å². The molecule has 0 aliphatic carbocycles. The summed E-state index contributed by atoms with van der Waals surface area (Å²) in [4.78, 5) is 12.5. The summed E-state index contributed by atoms with van der Waals surface area (Å²) in [6, 6.07) is -1.07. The van der Waals surface area contributed by atoms with Crippen LogP contribution in [0.25, 0.3) is 0 Å². The molecule has 0 saturated carbocycles. The zero-order valence-corrected chi connectivity index (χ0v) is 31.5. The van der Waals surface area contributed by atoms with E-state index in [2.05, 4.69) is 43.5 Å². The molecule has 0 bridgehead atoms. The summed E-state index contributed by atoms with van der Waals surface area (Å²) in [5.74, 6) is -1.00. The molecule has 7 heteroatoms. The van der Waals surface area contributed by atoms with Crippen LogP contribution in [0.1, 0.15) is 194 Å². The van der Waals surface area contributed by atoms with Crippen molar-refractivity contribution in [1.29, 1.82) is 0 Å². The van der Waals surface area contributed by atoms with E-state index in [4.69, 9.17) is 0 Å². The molecule has 1 amide bonds. The number of aliphatic hydroxyl groups is 1. The van der Waals surface area contributed by atoms with Crippen LogP contribution >= 0.6 is 0 Å². The third-order valence-electron chi connectivity index (χ3n) is 8.79. The van der Waals surface area contributed by atoms with Gasteiger partial charge in [-0.3, -0.25) is 9.35 Å². The molecule has 3 N–H and O–H groups in total. The Labute approximate surface area is 291 Å². The van der Waals surface area contributed by atoms with Gasteiger partial charge in [0, 0.05) is 6.42 Å². The average molecular weight is 682 g/mol. The Morgan fingerprint density at radius 2 is 0.915 bits per heavy atom. The van der Waals surface area contributed by atoms with Crippen molar-refractivity contribution in [2.45, 2.75) is 206 Å². The lowest BCUT2D eigenvalue weighted by atomic mass is 10.0. The second-order valence-corrected chi connectivity index (χ2v) is 15.0. The molecule has 0 heterocycles. The highest BCUT2D eigenvalue weighted by Gasteiger charge is 2.24. The van der Waals surface area contributed by atoms with E-state index in [1.807, 2.05) is 0 Å². The molecule has 0 saturated heterocycles. The first-order chi connectivity index (χ1) is 22.8. The zero-order chi connectivity index (χ0) is 34.7. The van der Waals surface area contributed by atoms with Crippen molar-refractivity contribution in [2.24, 2.45) is 0 Å². The van der Waals surface area contributed by atoms with Crippen molar-refractivity contribution in [3.8, 4) is 0 Å². The van der Waals surface area contributed by atoms with E-state index >= 15 is 0 Å². The number of carbonyl (C=O) groups excluding carboxylic acids is 1. The fourth-order valence-corrected chi connectivity index (χ4v) is 6.55. The number of carbonyl (C=O) groups is 1. The van der Waals surface area contributed by atoms with Gasteiger partial charge in [-0.1, -0.05) is 166 Å². The van der Waals surface area contributed by atoms with Crippen LogP contribution < -0.4 is 5.32 Å². The maximum Gasteiger partial charge on any atom is 0.267 e. The second-order valence-electron chi connectivity index (χ2n) is 13.5. The molecular weight excluding hydrogens is 607 g/mol. The summed E-state index contributed by atoms with van der Waals surface area (Å²) in [6.45, 7) is 4.49. The van der Waals surface area contributed by atoms with E-state index in [0.717, 1.165) is 32.1 Å². The Bertz CT molecular complexity index is 883. The highest BCUT2D eigenvalue weighted by molar-refractivity contribution is 7.85. The van der Waals surface area contributed by atoms with Crippen molar-refractivity contribution in [3.63, 3.8) is 0 Å². The van der Waals surface area contributed by atoms with Gasteiger partial charge in [0.2, 0.25) is 5.91 Å². The summed E-state index contributed by atoms with van der Waals surface area (Å²) in [7, 11) is -4.35. The van der Waals surface area contributed by atoms with Crippen LogP contribution in [0.15, 0.2) is 36.5 Å². The number of allylic oxidation sites excluding steroid dienone is 5. The first-order valence-corrected chi connectivity index (χ1v) is 21.3. The predicted molar refractivity (Wildman–Crippen MR) is 202 cm³/mol. The highest BCUT2D eigenvalue weighted by Crippen LogP contribution is 2.13. The molecule has 2 atom stereocenters. The first-order valence-electron chi connectivity index (χ1n) is 19.7. The molecule has 0 rings (SSSR count). The van der Waals surface area contributed by atoms with Crippen molar-refractivity contribution in [3.05, 3.63) is 36.5 Å². The van der Waals surface area contributed by atoms with Crippen molar-refractivity contribution in [2.75, 3.05) is 5.75 Å². The Hall–Kier alpha value is -1.44. The molecule has 0 aromatic carbocycles. The first kappa shape index (κ1) is 45.6. The molecule has 0 aromatic rings. The molecular formula is C40H75NO5S. The van der Waals surface area contributed by atoms with Crippen LogP contribution in [-0.4, -0.2) is 41.9 Å². The van der Waals surface area contributed by atoms with Crippen molar-refractivity contribution in [1.82, 2.24) is 5.32 Å². The third kappa shape index (κ3) is 35.7. The van der Waals surface area contributed by atoms with Crippen LogP contribution in [0.4, 0.5) is 0 Å². The fraction of sp³-hybridized carbons (Fsp3) is 0.825. The molecule has 0 aliphatic heterocycles. The summed E-state index contributed by atoms with van der Waals surface area (Å²) in [5.41, 5.74) is 0. The van der Waals surface area contributed by atoms with Gasteiger partial charge in [0.15, 0.2) is 0 Å². The van der Waals surface area contributed by atoms with E-state index in [1.165, 1.54) is 141 Å². The van der Waals surface area contributed by atoms with Crippen LogP contribution in [0.2, 0.25) is 0 Å². The van der Waals surface area contributed by atoms with Gasteiger partial charge in [-0.25, -0.2) is 0 Å². The van der Waals surface area contributed by atoms with Crippen molar-refractivity contribution >= 4 is 16.0 Å². The highest BCUT2D eigenvalue weighted by atomic mass is 32.2. The summed E-state index contributed by atoms with van der Waals surface area (Å²) in [5, 5.41) is 13.1. The minimum absolute atomic E-state index is 0.286. The average Bonchev–Trinajstić information content (AvgIpc) is 3.03. The lowest BCUT2D eigenvalue weighted by Crippen LogP contribution is -2.46. The minimum atomic E-state index is -4.35. The largest absolute Gasteiger partial charge is 0.387 e. The van der Waals surface area contributed by atoms with Crippen LogP contribution in [0.5, 0.6) is 0 Å². The monoisotopic (exact) mass is 682 g/mol. The number of unbranched alkanes of at least 4 members (excludes halogenated alkanes) is 23. The van der Waals surface area contributed by atoms with Gasteiger partial charge in [0.05, 0.1) is 17.9 Å². The quantitative estimate of drug-likeness (QED) is 0.0351. The van der Waals surface area contributed by atoms with Crippen molar-refractivity contribution < 1.29 is 22.9 Å². The molecule has 276 valence electrons. The molecule has 2 unspecified atom stereocenters. The molecule has 0 radical (unpaired) electrons. The topological polar surface area (TPSA) is 104 Å². The van der Waals surface area contributed by atoms with Gasteiger partial charge in [0.25, 0.3) is 10.1 Å². The second kappa shape index (κ2) is 34.4. The van der Waals surface area contributed by atoms with E-state index in [9.17, 15) is 22.9 Å². The lowest BCUT2D eigenvalue weighted by Gasteiger charge is -2.21. The summed E-state index contributed by atoms with van der Waals surface area (Å²) < 4.78 is 32.3. The smallest absolute Gasteiger partial charge is 0.267 e. The van der Waals surface area contributed by atoms with Gasteiger partial charge < -0.3 is 10.4 Å². The fourth-order valence-electron chi connectivity index (χ4n) is 5.81. The zero-order valence-electron chi connectivity index (χ0n) is 30.7. The van der Waals surface area contributed by atoms with Gasteiger partial charge in [-0.2, -0.15) is 8.42 Å². The van der Waals surface area contributed by atoms with Crippen LogP contribution in [-0.2, 0) is 14.9 Å². The molecule has 0 aliphatic rings. The van der Waals surface area contributed by atoms with Gasteiger partial charge in [0.1, 0.15) is 0 Å². The minimum Gasteiger partial charge on any atom is -0.387 e. The summed E-state index contributed by atoms with van der Waals surface area (Å²) in [6.07, 6.45) is 44.2. The predicted octanol–water partition coefficient (Wildman–Crippen LogP) is 11.4. The van der Waals surface area contributed by atoms with E-state index < -0.39 is 28.0 Å². The Morgan fingerprint density at radius 1 is 0.553 bits per heavy atom. The normalized spacial score (nSPS) is 13.7. The number of hydrogen-bond acceptors (Lipinski definition) is 4. The van der Waals surface area contributed by atoms with E-state index in [1.54, 1.807) is 6.08 Å². The number of aliphatic hydroxyl groups excluding tert-OH is 1. The van der Waals surface area contributed by atoms with Crippen LogP contribution in [0, 0.1) is 0 Å².